The zero-order valence-electron chi connectivity index (χ0n) is 19.8. The first kappa shape index (κ1) is 26.0. The second-order valence-corrected chi connectivity index (χ2v) is 9.51. The van der Waals surface area contributed by atoms with E-state index in [1.807, 2.05) is 68.4 Å². The van der Waals surface area contributed by atoms with Gasteiger partial charge in [-0.15, -0.1) is 0 Å². The van der Waals surface area contributed by atoms with Crippen LogP contribution in [-0.2, 0) is 16.0 Å². The highest BCUT2D eigenvalue weighted by Crippen LogP contribution is 2.20. The van der Waals surface area contributed by atoms with Crippen molar-refractivity contribution in [1.82, 2.24) is 10.6 Å². The van der Waals surface area contributed by atoms with E-state index in [-0.39, 0.29) is 12.8 Å². The molecular formula is C28H29ClN2O4. The van der Waals surface area contributed by atoms with Crippen molar-refractivity contribution < 1.29 is 19.5 Å². The average Bonchev–Trinajstić information content (AvgIpc) is 2.83. The Kier molecular flexibility index (Phi) is 8.66. The Balaban J connectivity index is 1.69. The molecule has 3 aromatic carbocycles. The molecule has 35 heavy (non-hydrogen) atoms. The zero-order chi connectivity index (χ0) is 25.4. The van der Waals surface area contributed by atoms with E-state index in [0.29, 0.717) is 17.0 Å². The lowest BCUT2D eigenvalue weighted by atomic mass is 9.94. The zero-order valence-corrected chi connectivity index (χ0v) is 20.5. The van der Waals surface area contributed by atoms with Gasteiger partial charge in [-0.3, -0.25) is 14.4 Å². The number of carboxylic acid groups (broad SMARTS) is 1. The van der Waals surface area contributed by atoms with Gasteiger partial charge in [0, 0.05) is 22.5 Å². The molecule has 7 heteroatoms. The van der Waals surface area contributed by atoms with E-state index in [1.54, 1.807) is 24.3 Å². The van der Waals surface area contributed by atoms with Crippen LogP contribution in [-0.4, -0.2) is 34.5 Å². The van der Waals surface area contributed by atoms with Crippen LogP contribution in [0.5, 0.6) is 0 Å². The molecule has 0 aromatic heterocycles. The standard InChI is InChI=1S/C28H29ClN2O4/c1-28(2,18-19-8-14-23(29)15-9-19)31-27(35)24(16-17-25(32)33)30-26(34)22-12-10-21(11-13-22)20-6-4-3-5-7-20/h3-15,24H,16-18H2,1-2H3,(H,30,34)(H,31,35)(H,32,33)/t24-/m0/s1. The maximum atomic E-state index is 13.1. The molecular weight excluding hydrogens is 464 g/mol. The van der Waals surface area contributed by atoms with Crippen LogP contribution in [0.1, 0.15) is 42.6 Å². The lowest BCUT2D eigenvalue weighted by Gasteiger charge is -2.29. The van der Waals surface area contributed by atoms with Crippen LogP contribution in [0.2, 0.25) is 5.02 Å². The Morgan fingerprint density at radius 3 is 2.09 bits per heavy atom. The number of hydrogen-bond donors (Lipinski definition) is 3. The summed E-state index contributed by atoms with van der Waals surface area (Å²) >= 11 is 5.95. The van der Waals surface area contributed by atoms with Crippen LogP contribution in [0, 0.1) is 0 Å². The maximum Gasteiger partial charge on any atom is 0.303 e. The molecule has 0 heterocycles. The van der Waals surface area contributed by atoms with Crippen LogP contribution in [0.3, 0.4) is 0 Å². The molecule has 0 aliphatic rings. The van der Waals surface area contributed by atoms with E-state index < -0.39 is 29.4 Å². The molecule has 0 fully saturated rings. The molecule has 3 aromatic rings. The van der Waals surface area contributed by atoms with Gasteiger partial charge in [-0.2, -0.15) is 0 Å². The van der Waals surface area contributed by atoms with E-state index in [1.165, 1.54) is 0 Å². The van der Waals surface area contributed by atoms with Crippen molar-refractivity contribution in [2.24, 2.45) is 0 Å². The third kappa shape index (κ3) is 7.97. The highest BCUT2D eigenvalue weighted by molar-refractivity contribution is 6.30. The van der Waals surface area contributed by atoms with Crippen LogP contribution < -0.4 is 10.6 Å². The fraction of sp³-hybridized carbons (Fsp3) is 0.250. The Morgan fingerprint density at radius 1 is 0.886 bits per heavy atom. The van der Waals surface area contributed by atoms with E-state index in [4.69, 9.17) is 16.7 Å². The molecule has 0 aliphatic carbocycles. The number of aliphatic carboxylic acids is 1. The Hall–Kier alpha value is -3.64. The summed E-state index contributed by atoms with van der Waals surface area (Å²) in [6.45, 7) is 3.75. The number of hydrogen-bond acceptors (Lipinski definition) is 3. The molecule has 3 rings (SSSR count). The molecule has 0 unspecified atom stereocenters. The van der Waals surface area contributed by atoms with Crippen LogP contribution >= 0.6 is 11.6 Å². The normalized spacial score (nSPS) is 12.0. The molecule has 2 amide bonds. The molecule has 3 N–H and O–H groups in total. The molecule has 182 valence electrons. The van der Waals surface area contributed by atoms with Crippen molar-refractivity contribution >= 4 is 29.4 Å². The number of halogens is 1. The number of nitrogens with one attached hydrogen (secondary N) is 2. The molecule has 6 nitrogen and oxygen atoms in total. The Morgan fingerprint density at radius 2 is 1.49 bits per heavy atom. The minimum atomic E-state index is -1.04. The lowest BCUT2D eigenvalue weighted by molar-refractivity contribution is -0.137. The van der Waals surface area contributed by atoms with Crippen molar-refractivity contribution in [3.8, 4) is 11.1 Å². The minimum Gasteiger partial charge on any atom is -0.481 e. The molecule has 0 saturated carbocycles. The largest absolute Gasteiger partial charge is 0.481 e. The van der Waals surface area contributed by atoms with E-state index in [9.17, 15) is 14.4 Å². The molecule has 0 radical (unpaired) electrons. The Bertz CT molecular complexity index is 1160. The first-order chi connectivity index (χ1) is 16.6. The van der Waals surface area contributed by atoms with Crippen LogP contribution in [0.4, 0.5) is 0 Å². The highest BCUT2D eigenvalue weighted by atomic mass is 35.5. The SMILES string of the molecule is CC(C)(Cc1ccc(Cl)cc1)NC(=O)[C@H](CCC(=O)O)NC(=O)c1ccc(-c2ccccc2)cc1. The quantitative estimate of drug-likeness (QED) is 0.366. The summed E-state index contributed by atoms with van der Waals surface area (Å²) in [6.07, 6.45) is 0.269. The summed E-state index contributed by atoms with van der Waals surface area (Å²) in [5.41, 5.74) is 2.74. The van der Waals surface area contributed by atoms with Crippen molar-refractivity contribution in [3.63, 3.8) is 0 Å². The molecule has 0 bridgehead atoms. The van der Waals surface area contributed by atoms with Gasteiger partial charge >= 0.3 is 5.97 Å². The first-order valence-electron chi connectivity index (χ1n) is 11.4. The van der Waals surface area contributed by atoms with Gasteiger partial charge in [0.15, 0.2) is 0 Å². The van der Waals surface area contributed by atoms with Crippen molar-refractivity contribution in [2.45, 2.75) is 44.7 Å². The number of amides is 2. The second-order valence-electron chi connectivity index (χ2n) is 9.08. The summed E-state index contributed by atoms with van der Waals surface area (Å²) in [5, 5.41) is 15.4. The van der Waals surface area contributed by atoms with E-state index in [2.05, 4.69) is 10.6 Å². The predicted octanol–water partition coefficient (Wildman–Crippen LogP) is 5.11. The number of carbonyl (C=O) groups excluding carboxylic acids is 2. The summed E-state index contributed by atoms with van der Waals surface area (Å²) in [5.74, 6) is -1.91. The van der Waals surface area contributed by atoms with Gasteiger partial charge in [-0.05, 0) is 67.6 Å². The fourth-order valence-electron chi connectivity index (χ4n) is 3.80. The molecule has 0 spiro atoms. The number of rotatable bonds is 10. The number of carboxylic acids is 1. The summed E-state index contributed by atoms with van der Waals surface area (Å²) in [7, 11) is 0. The van der Waals surface area contributed by atoms with Gasteiger partial charge in [-0.1, -0.05) is 66.2 Å². The summed E-state index contributed by atoms with van der Waals surface area (Å²) < 4.78 is 0. The van der Waals surface area contributed by atoms with Crippen molar-refractivity contribution in [3.05, 3.63) is 95.0 Å². The number of benzene rings is 3. The van der Waals surface area contributed by atoms with Crippen molar-refractivity contribution in [2.75, 3.05) is 0 Å². The minimum absolute atomic E-state index is 0.0218. The van der Waals surface area contributed by atoms with Gasteiger partial charge in [0.05, 0.1) is 0 Å². The maximum absolute atomic E-state index is 13.1. The topological polar surface area (TPSA) is 95.5 Å². The number of carbonyl (C=O) groups is 3. The Labute approximate surface area is 210 Å². The highest BCUT2D eigenvalue weighted by Gasteiger charge is 2.28. The van der Waals surface area contributed by atoms with Gasteiger partial charge < -0.3 is 15.7 Å². The molecule has 0 aliphatic heterocycles. The first-order valence-corrected chi connectivity index (χ1v) is 11.8. The third-order valence-corrected chi connectivity index (χ3v) is 5.80. The average molecular weight is 493 g/mol. The summed E-state index contributed by atoms with van der Waals surface area (Å²) in [6, 6.07) is 23.2. The van der Waals surface area contributed by atoms with Gasteiger partial charge in [0.1, 0.15) is 6.04 Å². The van der Waals surface area contributed by atoms with Crippen LogP contribution in [0.15, 0.2) is 78.9 Å². The van der Waals surface area contributed by atoms with E-state index in [0.717, 1.165) is 16.7 Å². The smallest absolute Gasteiger partial charge is 0.303 e. The molecule has 0 saturated heterocycles. The monoisotopic (exact) mass is 492 g/mol. The van der Waals surface area contributed by atoms with Crippen LogP contribution in [0.25, 0.3) is 11.1 Å². The summed E-state index contributed by atoms with van der Waals surface area (Å²) in [4.78, 5) is 37.1. The van der Waals surface area contributed by atoms with Gasteiger partial charge in [-0.25, -0.2) is 0 Å². The lowest BCUT2D eigenvalue weighted by Crippen LogP contribution is -2.54. The predicted molar refractivity (Wildman–Crippen MR) is 137 cm³/mol. The van der Waals surface area contributed by atoms with Gasteiger partial charge in [0.25, 0.3) is 5.91 Å². The third-order valence-electron chi connectivity index (χ3n) is 5.54. The van der Waals surface area contributed by atoms with E-state index >= 15 is 0 Å². The second kappa shape index (κ2) is 11.7. The fourth-order valence-corrected chi connectivity index (χ4v) is 3.93. The van der Waals surface area contributed by atoms with Gasteiger partial charge in [0.2, 0.25) is 5.91 Å². The van der Waals surface area contributed by atoms with Crippen molar-refractivity contribution in [1.29, 1.82) is 0 Å². The molecule has 1 atom stereocenters.